The van der Waals surface area contributed by atoms with Crippen LogP contribution in [0.3, 0.4) is 0 Å². The molecule has 0 unspecified atom stereocenters. The van der Waals surface area contributed by atoms with Crippen molar-refractivity contribution >= 4 is 11.4 Å². The fourth-order valence-corrected chi connectivity index (χ4v) is 2.12. The molecule has 5 nitrogen and oxygen atoms in total. The van der Waals surface area contributed by atoms with E-state index in [4.69, 9.17) is 0 Å². The third-order valence-corrected chi connectivity index (χ3v) is 3.56. The normalized spacial score (nSPS) is 17.5. The van der Waals surface area contributed by atoms with E-state index in [0.717, 1.165) is 12.1 Å². The molecule has 104 valence electrons. The third kappa shape index (κ3) is 2.14. The van der Waals surface area contributed by atoms with Gasteiger partial charge in [0.2, 0.25) is 0 Å². The molecule has 19 heavy (non-hydrogen) atoms. The van der Waals surface area contributed by atoms with E-state index in [2.05, 4.69) is 0 Å². The minimum absolute atomic E-state index is 0.0475. The van der Waals surface area contributed by atoms with E-state index in [1.165, 1.54) is 4.90 Å². The van der Waals surface area contributed by atoms with Crippen LogP contribution < -0.4 is 4.90 Å². The Kier molecular flexibility index (Phi) is 3.17. The van der Waals surface area contributed by atoms with Crippen molar-refractivity contribution in [3.05, 3.63) is 33.9 Å². The van der Waals surface area contributed by atoms with Gasteiger partial charge < -0.3 is 10.0 Å². The number of β-amino-alcohol motifs (C(OH)–C–C–N with tert-alkyl or cyclic N) is 1. The van der Waals surface area contributed by atoms with Gasteiger partial charge in [0.25, 0.3) is 5.69 Å². The number of benzene rings is 1. The largest absolute Gasteiger partial charge is 0.386 e. The van der Waals surface area contributed by atoms with Crippen molar-refractivity contribution in [1.82, 2.24) is 0 Å². The molecular weight excluding hydrogens is 258 g/mol. The van der Waals surface area contributed by atoms with Crippen LogP contribution in [-0.2, 0) is 0 Å². The average molecular weight is 272 g/mol. The van der Waals surface area contributed by atoms with Crippen LogP contribution in [0.4, 0.5) is 20.2 Å². The highest BCUT2D eigenvalue weighted by molar-refractivity contribution is 5.66. The summed E-state index contributed by atoms with van der Waals surface area (Å²) in [6, 6.07) is 1.66. The zero-order valence-electron chi connectivity index (χ0n) is 10.6. The Labute approximate surface area is 108 Å². The molecule has 0 spiro atoms. The van der Waals surface area contributed by atoms with E-state index in [9.17, 15) is 24.0 Å². The molecule has 0 radical (unpaired) electrons. The number of nitro benzene ring substituents is 1. The molecule has 0 aromatic heterocycles. The Bertz CT molecular complexity index is 528. The molecule has 1 aromatic carbocycles. The van der Waals surface area contributed by atoms with Crippen LogP contribution in [0.25, 0.3) is 0 Å². The molecule has 1 aromatic rings. The topological polar surface area (TPSA) is 66.6 Å². The second kappa shape index (κ2) is 4.41. The number of nitrogens with zero attached hydrogens (tertiary/aromatic N) is 2. The first kappa shape index (κ1) is 13.7. The Balaban J connectivity index is 2.36. The predicted molar refractivity (Wildman–Crippen MR) is 65.0 cm³/mol. The lowest BCUT2D eigenvalue weighted by Gasteiger charge is -2.49. The number of aliphatic hydroxyl groups is 1. The molecule has 7 heteroatoms. The smallest absolute Gasteiger partial charge is 0.295 e. The van der Waals surface area contributed by atoms with Crippen LogP contribution in [0.2, 0.25) is 0 Å². The predicted octanol–water partition coefficient (Wildman–Crippen LogP) is 2.08. The monoisotopic (exact) mass is 272 g/mol. The van der Waals surface area contributed by atoms with E-state index in [1.54, 1.807) is 13.8 Å². The van der Waals surface area contributed by atoms with Crippen LogP contribution in [0.15, 0.2) is 12.1 Å². The van der Waals surface area contributed by atoms with Gasteiger partial charge in [-0.25, -0.2) is 8.78 Å². The molecule has 1 saturated heterocycles. The van der Waals surface area contributed by atoms with Crippen molar-refractivity contribution in [3.8, 4) is 0 Å². The van der Waals surface area contributed by atoms with Gasteiger partial charge >= 0.3 is 0 Å². The summed E-state index contributed by atoms with van der Waals surface area (Å²) in [5.74, 6) is -2.46. The van der Waals surface area contributed by atoms with E-state index in [-0.39, 0.29) is 19.0 Å². The molecule has 1 N–H and O–H groups in total. The van der Waals surface area contributed by atoms with Gasteiger partial charge in [0.15, 0.2) is 17.3 Å². The van der Waals surface area contributed by atoms with Crippen LogP contribution in [0.5, 0.6) is 0 Å². The van der Waals surface area contributed by atoms with Gasteiger partial charge in [-0.1, -0.05) is 13.8 Å². The maximum Gasteiger partial charge on any atom is 0.295 e. The molecular formula is C12H14F2N2O3. The van der Waals surface area contributed by atoms with Crippen LogP contribution in [0.1, 0.15) is 13.8 Å². The molecule has 0 saturated carbocycles. The Hall–Kier alpha value is -1.76. The summed E-state index contributed by atoms with van der Waals surface area (Å²) in [7, 11) is 0. The summed E-state index contributed by atoms with van der Waals surface area (Å²) in [5.41, 5.74) is -1.91. The zero-order chi connectivity index (χ0) is 14.4. The molecule has 1 aliphatic heterocycles. The van der Waals surface area contributed by atoms with E-state index in [1.807, 2.05) is 0 Å². The molecule has 1 heterocycles. The zero-order valence-corrected chi connectivity index (χ0v) is 10.6. The first-order chi connectivity index (χ1) is 8.76. The molecule has 0 amide bonds. The summed E-state index contributed by atoms with van der Waals surface area (Å²) in [4.78, 5) is 11.4. The fraction of sp³-hybridized carbons (Fsp3) is 0.500. The maximum absolute atomic E-state index is 13.7. The Morgan fingerprint density at radius 1 is 1.42 bits per heavy atom. The fourth-order valence-electron chi connectivity index (χ4n) is 2.12. The maximum atomic E-state index is 13.7. The minimum atomic E-state index is -1.25. The highest BCUT2D eigenvalue weighted by Gasteiger charge is 2.46. The number of hydrogen-bond acceptors (Lipinski definition) is 4. The Morgan fingerprint density at radius 2 is 2.00 bits per heavy atom. The van der Waals surface area contributed by atoms with Crippen LogP contribution in [0, 0.1) is 27.7 Å². The van der Waals surface area contributed by atoms with Gasteiger partial charge in [-0.15, -0.1) is 0 Å². The van der Waals surface area contributed by atoms with E-state index in [0.29, 0.717) is 0 Å². The standard InChI is InChI=1S/C12H14F2N2O3/c1-7(2)12(17)5-15(6-12)11-9(16(18)19)4-3-8(13)10(11)14/h3-4,7,17H,5-6H2,1-2H3. The second-order valence-electron chi connectivity index (χ2n) is 5.10. The van der Waals surface area contributed by atoms with Gasteiger partial charge in [-0.05, 0) is 12.0 Å². The summed E-state index contributed by atoms with van der Waals surface area (Å²) < 4.78 is 27.0. The SMILES string of the molecule is CC(C)C1(O)CN(c2c([N+](=O)[O-])ccc(F)c2F)C1. The number of halogens is 2. The van der Waals surface area contributed by atoms with Gasteiger partial charge in [0.05, 0.1) is 4.92 Å². The molecule has 1 fully saturated rings. The summed E-state index contributed by atoms with van der Waals surface area (Å²) in [6.07, 6.45) is 0. The summed E-state index contributed by atoms with van der Waals surface area (Å²) >= 11 is 0. The first-order valence-corrected chi connectivity index (χ1v) is 5.86. The highest BCUT2D eigenvalue weighted by Crippen LogP contribution is 2.39. The summed E-state index contributed by atoms with van der Waals surface area (Å²) in [6.45, 7) is 3.69. The van der Waals surface area contributed by atoms with Crippen molar-refractivity contribution in [2.24, 2.45) is 5.92 Å². The molecule has 1 aliphatic rings. The van der Waals surface area contributed by atoms with Gasteiger partial charge in [-0.3, -0.25) is 10.1 Å². The first-order valence-electron chi connectivity index (χ1n) is 5.86. The lowest BCUT2D eigenvalue weighted by Crippen LogP contribution is -2.65. The van der Waals surface area contributed by atoms with Crippen molar-refractivity contribution in [3.63, 3.8) is 0 Å². The van der Waals surface area contributed by atoms with Gasteiger partial charge in [0, 0.05) is 19.2 Å². The molecule has 0 aliphatic carbocycles. The van der Waals surface area contributed by atoms with Crippen molar-refractivity contribution in [2.75, 3.05) is 18.0 Å². The molecule has 0 atom stereocenters. The van der Waals surface area contributed by atoms with Gasteiger partial charge in [0.1, 0.15) is 5.60 Å². The highest BCUT2D eigenvalue weighted by atomic mass is 19.2. The van der Waals surface area contributed by atoms with Crippen molar-refractivity contribution in [2.45, 2.75) is 19.4 Å². The number of rotatable bonds is 3. The van der Waals surface area contributed by atoms with Crippen LogP contribution in [-0.4, -0.2) is 28.7 Å². The molecule has 0 bridgehead atoms. The lowest BCUT2D eigenvalue weighted by molar-refractivity contribution is -0.384. The average Bonchev–Trinajstić information content (AvgIpc) is 2.28. The Morgan fingerprint density at radius 3 is 2.47 bits per heavy atom. The minimum Gasteiger partial charge on any atom is -0.386 e. The number of nitro groups is 1. The van der Waals surface area contributed by atoms with Crippen molar-refractivity contribution < 1.29 is 18.8 Å². The quantitative estimate of drug-likeness (QED) is 0.675. The van der Waals surface area contributed by atoms with Crippen LogP contribution >= 0.6 is 0 Å². The van der Waals surface area contributed by atoms with Gasteiger partial charge in [-0.2, -0.15) is 0 Å². The second-order valence-corrected chi connectivity index (χ2v) is 5.10. The third-order valence-electron chi connectivity index (χ3n) is 3.56. The number of anilines is 1. The van der Waals surface area contributed by atoms with E-state index < -0.39 is 33.5 Å². The number of hydrogen-bond donors (Lipinski definition) is 1. The summed E-state index contributed by atoms with van der Waals surface area (Å²) in [5, 5.41) is 20.9. The lowest BCUT2D eigenvalue weighted by atomic mass is 9.82. The molecule has 2 rings (SSSR count). The van der Waals surface area contributed by atoms with Crippen molar-refractivity contribution in [1.29, 1.82) is 0 Å². The van der Waals surface area contributed by atoms with E-state index >= 15 is 0 Å².